The van der Waals surface area contributed by atoms with E-state index in [0.717, 1.165) is 24.8 Å². The Hall–Kier alpha value is -3.22. The average Bonchev–Trinajstić information content (AvgIpc) is 3.04. The normalized spacial score (nSPS) is 11.4. The Bertz CT molecular complexity index is 1440. The molecule has 6 heteroatoms. The van der Waals surface area contributed by atoms with E-state index in [1.807, 2.05) is 45.0 Å². The molecule has 0 amide bonds. The van der Waals surface area contributed by atoms with Crippen molar-refractivity contribution in [1.29, 1.82) is 0 Å². The van der Waals surface area contributed by atoms with Gasteiger partial charge in [0.2, 0.25) is 0 Å². The van der Waals surface area contributed by atoms with Crippen molar-refractivity contribution in [2.24, 2.45) is 0 Å². The summed E-state index contributed by atoms with van der Waals surface area (Å²) in [6.45, 7) is 8.14. The first-order valence-corrected chi connectivity index (χ1v) is 19.0. The minimum Gasteiger partial charge on any atom is -0.488 e. The molecule has 4 aromatic carbocycles. The fourth-order valence-electron chi connectivity index (χ4n) is 4.96. The van der Waals surface area contributed by atoms with Gasteiger partial charge in [-0.15, -0.1) is 0 Å². The van der Waals surface area contributed by atoms with E-state index in [4.69, 9.17) is 8.92 Å². The number of unbranched alkanes of at least 4 members (excludes halogenated alkanes) is 9. The van der Waals surface area contributed by atoms with Crippen molar-refractivity contribution in [3.05, 3.63) is 115 Å². The van der Waals surface area contributed by atoms with Gasteiger partial charge in [0.05, 0.1) is 0 Å². The number of rotatable bonds is 17. The Morgan fingerprint density at radius 3 is 1.54 bits per heavy atom. The van der Waals surface area contributed by atoms with Gasteiger partial charge < -0.3 is 8.92 Å². The highest BCUT2D eigenvalue weighted by Crippen LogP contribution is 2.27. The van der Waals surface area contributed by atoms with Crippen molar-refractivity contribution in [2.75, 3.05) is 0 Å². The third-order valence-electron chi connectivity index (χ3n) is 7.22. The highest BCUT2D eigenvalue weighted by atomic mass is 32.2. The molecule has 0 aliphatic carbocycles. The first kappa shape index (κ1) is 37.2. The first-order chi connectivity index (χ1) is 22.2. The van der Waals surface area contributed by atoms with Gasteiger partial charge in [-0.25, -0.2) is 0 Å². The third-order valence-corrected chi connectivity index (χ3v) is 9.58. The largest absolute Gasteiger partial charge is 0.488 e. The molecule has 0 fully saturated rings. The second kappa shape index (κ2) is 20.1. The molecule has 0 aliphatic heterocycles. The van der Waals surface area contributed by atoms with Crippen molar-refractivity contribution < 1.29 is 17.3 Å². The number of hydrogen-bond donors (Lipinski definition) is 0. The monoisotopic (exact) mass is 660 g/mol. The Kier molecular flexibility index (Phi) is 16.3. The summed E-state index contributed by atoms with van der Waals surface area (Å²) in [5.41, 5.74) is 0.506. The van der Waals surface area contributed by atoms with Crippen LogP contribution in [0, 0.1) is 0 Å². The lowest BCUT2D eigenvalue weighted by Gasteiger charge is -2.21. The molecule has 46 heavy (non-hydrogen) atoms. The third kappa shape index (κ3) is 14.9. The lowest BCUT2D eigenvalue weighted by molar-refractivity contribution is 0.131. The van der Waals surface area contributed by atoms with Gasteiger partial charge in [0.25, 0.3) is 0 Å². The Labute approximate surface area is 283 Å². The second-order valence-electron chi connectivity index (χ2n) is 12.5. The maximum atomic E-state index is 13.0. The molecule has 4 rings (SSSR count). The van der Waals surface area contributed by atoms with Crippen LogP contribution in [-0.4, -0.2) is 14.0 Å². The summed E-state index contributed by atoms with van der Waals surface area (Å²) in [7, 11) is -3.90. The summed E-state index contributed by atoms with van der Waals surface area (Å²) in [5.74, 6) is 0.957. The SMILES string of the molecule is CCCCCCCCCCCCc1ccccc1S(=O)(=O)Oc1ccc(OC(C)(C)C)cc1.c1ccc(Sc2ccccc2)cc1. The van der Waals surface area contributed by atoms with E-state index in [1.54, 1.807) is 48.2 Å². The van der Waals surface area contributed by atoms with E-state index in [1.165, 1.54) is 61.2 Å². The van der Waals surface area contributed by atoms with Crippen molar-refractivity contribution in [2.45, 2.75) is 119 Å². The average molecular weight is 661 g/mol. The fraction of sp³-hybridized carbons (Fsp3) is 0.400. The molecular weight excluding hydrogens is 609 g/mol. The molecule has 0 spiro atoms. The summed E-state index contributed by atoms with van der Waals surface area (Å²) < 4.78 is 37.1. The molecule has 0 unspecified atom stereocenters. The van der Waals surface area contributed by atoms with E-state index in [2.05, 4.69) is 55.5 Å². The quantitative estimate of drug-likeness (QED) is 0.0833. The molecule has 248 valence electrons. The molecule has 0 saturated heterocycles. The molecule has 0 saturated carbocycles. The van der Waals surface area contributed by atoms with E-state index in [9.17, 15) is 8.42 Å². The summed E-state index contributed by atoms with van der Waals surface area (Å²) in [4.78, 5) is 2.83. The maximum absolute atomic E-state index is 13.0. The second-order valence-corrected chi connectivity index (χ2v) is 15.2. The highest BCUT2D eigenvalue weighted by molar-refractivity contribution is 7.99. The zero-order valence-electron chi connectivity index (χ0n) is 28.1. The standard InChI is InChI=1S/C28H42O4S.C12H10S/c1-5-6-7-8-9-10-11-12-13-14-17-24-18-15-16-19-27(24)33(29,30)32-26-22-20-25(21-23-26)31-28(2,3)4;1-3-7-11(8-4-1)13-12-9-5-2-6-10-12/h15-16,18-23H,5-14,17H2,1-4H3;1-10H. The predicted molar refractivity (Wildman–Crippen MR) is 194 cm³/mol. The lowest BCUT2D eigenvalue weighted by atomic mass is 10.0. The summed E-state index contributed by atoms with van der Waals surface area (Å²) in [6, 6.07) is 34.7. The van der Waals surface area contributed by atoms with Gasteiger partial charge in [0.1, 0.15) is 22.0 Å². The summed E-state index contributed by atoms with van der Waals surface area (Å²) >= 11 is 1.79. The highest BCUT2D eigenvalue weighted by Gasteiger charge is 2.21. The molecule has 0 aromatic heterocycles. The minimum absolute atomic E-state index is 0.260. The molecule has 4 nitrogen and oxygen atoms in total. The van der Waals surface area contributed by atoms with Crippen LogP contribution in [0.2, 0.25) is 0 Å². The van der Waals surface area contributed by atoms with Gasteiger partial charge >= 0.3 is 10.1 Å². The molecule has 0 atom stereocenters. The van der Waals surface area contributed by atoms with E-state index >= 15 is 0 Å². The zero-order valence-corrected chi connectivity index (χ0v) is 29.8. The predicted octanol–water partition coefficient (Wildman–Crippen LogP) is 11.9. The van der Waals surface area contributed by atoms with Gasteiger partial charge in [-0.3, -0.25) is 0 Å². The van der Waals surface area contributed by atoms with Gasteiger partial charge in [-0.05, 0) is 93.8 Å². The smallest absolute Gasteiger partial charge is 0.339 e. The lowest BCUT2D eigenvalue weighted by Crippen LogP contribution is -2.22. The van der Waals surface area contributed by atoms with Gasteiger partial charge in [0, 0.05) is 9.79 Å². The molecule has 4 aromatic rings. The fourth-order valence-corrected chi connectivity index (χ4v) is 7.01. The maximum Gasteiger partial charge on any atom is 0.339 e. The van der Waals surface area contributed by atoms with Crippen molar-refractivity contribution in [3.8, 4) is 11.5 Å². The number of ether oxygens (including phenoxy) is 1. The van der Waals surface area contributed by atoms with Crippen molar-refractivity contribution >= 4 is 21.9 Å². The zero-order chi connectivity index (χ0) is 33.1. The Morgan fingerprint density at radius 1 is 0.565 bits per heavy atom. The van der Waals surface area contributed by atoms with Crippen LogP contribution in [0.3, 0.4) is 0 Å². The van der Waals surface area contributed by atoms with Crippen LogP contribution in [0.15, 0.2) is 124 Å². The molecule has 0 bridgehead atoms. The topological polar surface area (TPSA) is 52.6 Å². The Balaban J connectivity index is 0.000000365. The molecule has 0 heterocycles. The van der Waals surface area contributed by atoms with Crippen LogP contribution in [0.4, 0.5) is 0 Å². The van der Waals surface area contributed by atoms with Crippen molar-refractivity contribution in [3.63, 3.8) is 0 Å². The van der Waals surface area contributed by atoms with Gasteiger partial charge in [-0.1, -0.05) is 131 Å². The summed E-state index contributed by atoms with van der Waals surface area (Å²) in [6.07, 6.45) is 13.3. The van der Waals surface area contributed by atoms with E-state index in [-0.39, 0.29) is 16.2 Å². The van der Waals surface area contributed by atoms with E-state index < -0.39 is 10.1 Å². The number of aryl methyl sites for hydroxylation is 1. The van der Waals surface area contributed by atoms with Crippen LogP contribution in [-0.2, 0) is 16.5 Å². The van der Waals surface area contributed by atoms with Crippen molar-refractivity contribution in [1.82, 2.24) is 0 Å². The molecule has 0 N–H and O–H groups in total. The van der Waals surface area contributed by atoms with Crippen LogP contribution < -0.4 is 8.92 Å². The summed E-state index contributed by atoms with van der Waals surface area (Å²) in [5, 5.41) is 0. The molecular formula is C40H52O4S2. The number of hydrogen-bond acceptors (Lipinski definition) is 5. The molecule has 0 radical (unpaired) electrons. The van der Waals surface area contributed by atoms with E-state index in [0.29, 0.717) is 5.75 Å². The van der Waals surface area contributed by atoms with Crippen LogP contribution in [0.5, 0.6) is 11.5 Å². The number of benzene rings is 4. The Morgan fingerprint density at radius 2 is 1.02 bits per heavy atom. The van der Waals surface area contributed by atoms with Crippen LogP contribution >= 0.6 is 11.8 Å². The van der Waals surface area contributed by atoms with Gasteiger partial charge in [-0.2, -0.15) is 8.42 Å². The molecule has 0 aliphatic rings. The van der Waals surface area contributed by atoms with Gasteiger partial charge in [0.15, 0.2) is 0 Å². The van der Waals surface area contributed by atoms with Crippen LogP contribution in [0.1, 0.15) is 97.5 Å². The van der Waals surface area contributed by atoms with Crippen LogP contribution in [0.25, 0.3) is 0 Å². The first-order valence-electron chi connectivity index (χ1n) is 16.8. The minimum atomic E-state index is -3.90.